The van der Waals surface area contributed by atoms with Crippen molar-refractivity contribution in [3.63, 3.8) is 0 Å². The van der Waals surface area contributed by atoms with E-state index in [0.29, 0.717) is 6.04 Å². The van der Waals surface area contributed by atoms with Crippen LogP contribution in [0.25, 0.3) is 0 Å². The Morgan fingerprint density at radius 3 is 2.08 bits per heavy atom. The van der Waals surface area contributed by atoms with E-state index >= 15 is 0 Å². The van der Waals surface area contributed by atoms with Gasteiger partial charge in [0.05, 0.1) is 12.2 Å². The monoisotopic (exact) mass is 558 g/mol. The fraction of sp³-hybridized carbons (Fsp3) is 0.667. The number of halogens is 6. The Morgan fingerprint density at radius 2 is 1.58 bits per heavy atom. The van der Waals surface area contributed by atoms with Crippen molar-refractivity contribution in [2.75, 3.05) is 40.4 Å². The molecule has 38 heavy (non-hydrogen) atoms. The summed E-state index contributed by atoms with van der Waals surface area (Å²) in [6.45, 7) is 5.12. The van der Waals surface area contributed by atoms with E-state index in [9.17, 15) is 26.3 Å². The first-order chi connectivity index (χ1) is 17.5. The molecule has 3 aliphatic rings. The molecule has 2 saturated heterocycles. The SMILES string of the molecule is CN(C)C1CCOC2(CCN(Cc3ccc4c(c3)CCO4)CC2)C1.O=C(O)C(F)(F)F.O=C(O)C(F)(F)F. The van der Waals surface area contributed by atoms with Gasteiger partial charge in [-0.15, -0.1) is 0 Å². The summed E-state index contributed by atoms with van der Waals surface area (Å²) in [5.74, 6) is -4.43. The molecule has 14 heteroatoms. The van der Waals surface area contributed by atoms with Crippen molar-refractivity contribution < 1.29 is 55.6 Å². The largest absolute Gasteiger partial charge is 0.493 e. The predicted molar refractivity (Wildman–Crippen MR) is 123 cm³/mol. The molecule has 216 valence electrons. The van der Waals surface area contributed by atoms with Gasteiger partial charge in [-0.05, 0) is 57.0 Å². The summed E-state index contributed by atoms with van der Waals surface area (Å²) in [7, 11) is 4.41. The van der Waals surface area contributed by atoms with Crippen molar-refractivity contribution >= 4 is 11.9 Å². The van der Waals surface area contributed by atoms with Gasteiger partial charge in [0.2, 0.25) is 0 Å². The van der Waals surface area contributed by atoms with Crippen LogP contribution in [0.4, 0.5) is 26.3 Å². The summed E-state index contributed by atoms with van der Waals surface area (Å²) in [6.07, 6.45) is -4.39. The summed E-state index contributed by atoms with van der Waals surface area (Å²) in [4.78, 5) is 22.8. The van der Waals surface area contributed by atoms with Crippen LogP contribution in [-0.2, 0) is 27.3 Å². The number of nitrogens with zero attached hydrogens (tertiary/aromatic N) is 2. The first-order valence-corrected chi connectivity index (χ1v) is 11.9. The highest BCUT2D eigenvalue weighted by atomic mass is 19.4. The fourth-order valence-electron chi connectivity index (χ4n) is 4.51. The lowest BCUT2D eigenvalue weighted by molar-refractivity contribution is -0.193. The molecule has 0 bridgehead atoms. The zero-order valence-corrected chi connectivity index (χ0v) is 21.1. The molecular formula is C24H32F6N2O6. The Labute approximate surface area is 216 Å². The number of carbonyl (C=O) groups is 2. The second-order valence-electron chi connectivity index (χ2n) is 9.56. The third kappa shape index (κ3) is 9.62. The van der Waals surface area contributed by atoms with Crippen molar-refractivity contribution in [2.45, 2.75) is 62.6 Å². The van der Waals surface area contributed by atoms with Gasteiger partial charge in [-0.25, -0.2) is 9.59 Å². The number of hydrogen-bond donors (Lipinski definition) is 2. The standard InChI is InChI=1S/C20H30N2O2.2C2HF3O2/c1-21(2)18-6-12-24-20(14-18)7-9-22(10-8-20)15-16-3-4-19-17(13-16)5-11-23-19;2*3-2(4,5)1(6)7/h3-4,13,18H,5-12,14-15H2,1-2H3;2*(H,6,7). The van der Waals surface area contributed by atoms with Crippen molar-refractivity contribution in [2.24, 2.45) is 0 Å². The predicted octanol–water partition coefficient (Wildman–Crippen LogP) is 3.96. The molecule has 1 atom stereocenters. The number of hydrogen-bond acceptors (Lipinski definition) is 6. The molecule has 1 aromatic rings. The highest BCUT2D eigenvalue weighted by Gasteiger charge is 2.41. The number of carboxylic acids is 2. The Kier molecular flexibility index (Phi) is 10.8. The van der Waals surface area contributed by atoms with Crippen molar-refractivity contribution in [3.05, 3.63) is 29.3 Å². The van der Waals surface area contributed by atoms with Gasteiger partial charge in [0, 0.05) is 38.7 Å². The van der Waals surface area contributed by atoms with Crippen LogP contribution in [0, 0.1) is 0 Å². The normalized spacial score (nSPS) is 20.9. The summed E-state index contributed by atoms with van der Waals surface area (Å²) < 4.78 is 75.4. The number of likely N-dealkylation sites (tertiary alicyclic amines) is 1. The third-order valence-electron chi connectivity index (χ3n) is 6.61. The van der Waals surface area contributed by atoms with Crippen LogP contribution in [0.15, 0.2) is 18.2 Å². The Balaban J connectivity index is 0.000000301. The van der Waals surface area contributed by atoms with E-state index < -0.39 is 24.3 Å². The van der Waals surface area contributed by atoms with E-state index in [1.165, 1.54) is 36.8 Å². The molecule has 1 aromatic carbocycles. The summed E-state index contributed by atoms with van der Waals surface area (Å²) in [5.41, 5.74) is 2.94. The quantitative estimate of drug-likeness (QED) is 0.538. The molecule has 0 amide bonds. The molecule has 1 spiro atoms. The number of benzene rings is 1. The lowest BCUT2D eigenvalue weighted by Crippen LogP contribution is -2.52. The maximum Gasteiger partial charge on any atom is 0.490 e. The van der Waals surface area contributed by atoms with Gasteiger partial charge < -0.3 is 24.6 Å². The lowest BCUT2D eigenvalue weighted by atomic mass is 9.82. The minimum atomic E-state index is -5.08. The second-order valence-corrected chi connectivity index (χ2v) is 9.56. The zero-order chi connectivity index (χ0) is 28.7. The van der Waals surface area contributed by atoms with Gasteiger partial charge in [0.25, 0.3) is 0 Å². The van der Waals surface area contributed by atoms with E-state index in [1.807, 2.05) is 0 Å². The topological polar surface area (TPSA) is 99.5 Å². The van der Waals surface area contributed by atoms with Crippen LogP contribution in [0.2, 0.25) is 0 Å². The number of rotatable bonds is 3. The van der Waals surface area contributed by atoms with Crippen LogP contribution in [0.3, 0.4) is 0 Å². The maximum atomic E-state index is 10.6. The average Bonchev–Trinajstić information content (AvgIpc) is 3.28. The third-order valence-corrected chi connectivity index (χ3v) is 6.61. The van der Waals surface area contributed by atoms with Crippen LogP contribution < -0.4 is 4.74 Å². The Morgan fingerprint density at radius 1 is 1.03 bits per heavy atom. The number of fused-ring (bicyclic) bond motifs is 1. The number of alkyl halides is 6. The van der Waals surface area contributed by atoms with E-state index in [2.05, 4.69) is 42.1 Å². The first-order valence-electron chi connectivity index (χ1n) is 11.9. The van der Waals surface area contributed by atoms with Gasteiger partial charge in [0.15, 0.2) is 0 Å². The van der Waals surface area contributed by atoms with E-state index in [-0.39, 0.29) is 5.60 Å². The second kappa shape index (κ2) is 13.0. The maximum absolute atomic E-state index is 10.6. The van der Waals surface area contributed by atoms with Gasteiger partial charge in [-0.2, -0.15) is 26.3 Å². The average molecular weight is 559 g/mol. The summed E-state index contributed by atoms with van der Waals surface area (Å²) in [5, 5.41) is 14.2. The molecule has 0 aliphatic carbocycles. The molecule has 4 rings (SSSR count). The summed E-state index contributed by atoms with van der Waals surface area (Å²) >= 11 is 0. The Hall–Kier alpha value is -2.58. The van der Waals surface area contributed by atoms with Crippen LogP contribution >= 0.6 is 0 Å². The minimum absolute atomic E-state index is 0.134. The van der Waals surface area contributed by atoms with Crippen molar-refractivity contribution in [1.29, 1.82) is 0 Å². The highest BCUT2D eigenvalue weighted by molar-refractivity contribution is 5.73. The molecule has 0 saturated carbocycles. The van der Waals surface area contributed by atoms with E-state index in [1.54, 1.807) is 0 Å². The molecule has 1 unspecified atom stereocenters. The molecular weight excluding hydrogens is 526 g/mol. The van der Waals surface area contributed by atoms with Gasteiger partial charge in [-0.1, -0.05) is 12.1 Å². The number of ether oxygens (including phenoxy) is 2. The summed E-state index contributed by atoms with van der Waals surface area (Å²) in [6, 6.07) is 7.40. The van der Waals surface area contributed by atoms with E-state index in [4.69, 9.17) is 29.3 Å². The smallest absolute Gasteiger partial charge is 0.490 e. The van der Waals surface area contributed by atoms with Crippen LogP contribution in [-0.4, -0.2) is 96.3 Å². The van der Waals surface area contributed by atoms with Gasteiger partial charge in [0.1, 0.15) is 5.75 Å². The number of carboxylic acid groups (broad SMARTS) is 2. The van der Waals surface area contributed by atoms with Crippen molar-refractivity contribution in [1.82, 2.24) is 9.80 Å². The van der Waals surface area contributed by atoms with Crippen molar-refractivity contribution in [3.8, 4) is 5.75 Å². The molecule has 2 N–H and O–H groups in total. The lowest BCUT2D eigenvalue weighted by Gasteiger charge is -2.47. The number of piperidine rings is 1. The van der Waals surface area contributed by atoms with Gasteiger partial charge in [-0.3, -0.25) is 4.90 Å². The van der Waals surface area contributed by atoms with Crippen LogP contribution in [0.1, 0.15) is 36.8 Å². The van der Waals surface area contributed by atoms with Gasteiger partial charge >= 0.3 is 24.3 Å². The molecule has 0 aromatic heterocycles. The Bertz CT molecular complexity index is 921. The van der Waals surface area contributed by atoms with E-state index in [0.717, 1.165) is 45.0 Å². The fourth-order valence-corrected chi connectivity index (χ4v) is 4.51. The van der Waals surface area contributed by atoms with Crippen LogP contribution in [0.5, 0.6) is 5.75 Å². The molecule has 8 nitrogen and oxygen atoms in total. The highest BCUT2D eigenvalue weighted by Crippen LogP contribution is 2.37. The molecule has 3 heterocycles. The number of aliphatic carboxylic acids is 2. The first kappa shape index (κ1) is 31.6. The zero-order valence-electron chi connectivity index (χ0n) is 21.1. The molecule has 2 fully saturated rings. The minimum Gasteiger partial charge on any atom is -0.493 e. The molecule has 0 radical (unpaired) electrons. The molecule has 3 aliphatic heterocycles.